The Morgan fingerprint density at radius 1 is 1.35 bits per heavy atom. The molecule has 1 amide bonds. The van der Waals surface area contributed by atoms with Crippen LogP contribution in [0.2, 0.25) is 0 Å². The number of thioether (sulfide) groups is 1. The molecule has 0 bridgehead atoms. The molecule has 118 valence electrons. The van der Waals surface area contributed by atoms with Crippen LogP contribution in [0.4, 0.5) is 5.69 Å². The number of amides is 1. The van der Waals surface area contributed by atoms with Crippen molar-refractivity contribution in [2.24, 2.45) is 7.05 Å². The second-order valence-corrected chi connectivity index (χ2v) is 5.57. The fraction of sp³-hybridized carbons (Fsp3) is 0.214. The minimum Gasteiger partial charge on any atom is -0.495 e. The lowest BCUT2D eigenvalue weighted by Crippen LogP contribution is -2.14. The largest absolute Gasteiger partial charge is 0.495 e. The van der Waals surface area contributed by atoms with Gasteiger partial charge in [-0.15, -0.1) is 5.10 Å². The molecule has 3 aromatic rings. The van der Waals surface area contributed by atoms with Crippen LogP contribution in [0.15, 0.2) is 35.6 Å². The van der Waals surface area contributed by atoms with Gasteiger partial charge in [-0.3, -0.25) is 4.79 Å². The maximum absolute atomic E-state index is 12.1. The van der Waals surface area contributed by atoms with Gasteiger partial charge in [0, 0.05) is 7.05 Å². The summed E-state index contributed by atoms with van der Waals surface area (Å²) in [6.45, 7) is 0. The van der Waals surface area contributed by atoms with Crippen LogP contribution >= 0.6 is 11.8 Å². The van der Waals surface area contributed by atoms with Crippen LogP contribution < -0.4 is 10.1 Å². The highest BCUT2D eigenvalue weighted by Gasteiger charge is 2.13. The van der Waals surface area contributed by atoms with Gasteiger partial charge >= 0.3 is 0 Å². The standard InChI is InChI=1S/C14H14N6O2S/c1-20-13-12(18-19-20)14(16-8-15-13)23-7-11(21)17-9-5-3-4-6-10(9)22-2/h3-6,8H,7H2,1-2H3,(H,17,21). The van der Waals surface area contributed by atoms with E-state index in [0.29, 0.717) is 27.6 Å². The summed E-state index contributed by atoms with van der Waals surface area (Å²) < 4.78 is 6.77. The van der Waals surface area contributed by atoms with Gasteiger partial charge in [-0.25, -0.2) is 14.6 Å². The quantitative estimate of drug-likeness (QED) is 0.559. The normalized spacial score (nSPS) is 10.7. The lowest BCUT2D eigenvalue weighted by Gasteiger charge is -2.09. The molecule has 9 heteroatoms. The molecule has 0 radical (unpaired) electrons. The Balaban J connectivity index is 1.69. The molecule has 0 spiro atoms. The number of aryl methyl sites for hydroxylation is 1. The van der Waals surface area contributed by atoms with E-state index in [1.54, 1.807) is 31.0 Å². The van der Waals surface area contributed by atoms with E-state index in [2.05, 4.69) is 25.6 Å². The van der Waals surface area contributed by atoms with Gasteiger partial charge in [0.1, 0.15) is 17.1 Å². The average molecular weight is 330 g/mol. The number of ether oxygens (including phenoxy) is 1. The fourth-order valence-corrected chi connectivity index (χ4v) is 2.74. The van der Waals surface area contributed by atoms with Crippen molar-refractivity contribution in [3.63, 3.8) is 0 Å². The van der Waals surface area contributed by atoms with Crippen molar-refractivity contribution < 1.29 is 9.53 Å². The van der Waals surface area contributed by atoms with Crippen LogP contribution in [-0.2, 0) is 11.8 Å². The number of aromatic nitrogens is 5. The topological polar surface area (TPSA) is 94.8 Å². The lowest BCUT2D eigenvalue weighted by atomic mass is 10.3. The van der Waals surface area contributed by atoms with Gasteiger partial charge in [0.25, 0.3) is 0 Å². The minimum absolute atomic E-state index is 0.157. The Kier molecular flexibility index (Phi) is 4.38. The number of hydrogen-bond acceptors (Lipinski definition) is 7. The molecule has 0 aliphatic carbocycles. The van der Waals surface area contributed by atoms with Gasteiger partial charge in [0.05, 0.1) is 18.6 Å². The summed E-state index contributed by atoms with van der Waals surface area (Å²) in [4.78, 5) is 20.4. The second-order valence-electron chi connectivity index (χ2n) is 4.60. The molecule has 8 nitrogen and oxygen atoms in total. The molecule has 2 heterocycles. The third-order valence-electron chi connectivity index (χ3n) is 3.08. The van der Waals surface area contributed by atoms with Gasteiger partial charge < -0.3 is 10.1 Å². The number of fused-ring (bicyclic) bond motifs is 1. The number of para-hydroxylation sites is 2. The van der Waals surface area contributed by atoms with E-state index in [1.165, 1.54) is 18.1 Å². The molecular weight excluding hydrogens is 316 g/mol. The smallest absolute Gasteiger partial charge is 0.234 e. The van der Waals surface area contributed by atoms with Gasteiger partial charge in [0.15, 0.2) is 11.2 Å². The number of hydrogen-bond donors (Lipinski definition) is 1. The summed E-state index contributed by atoms with van der Waals surface area (Å²) in [6.07, 6.45) is 1.44. The molecule has 1 aromatic carbocycles. The summed E-state index contributed by atoms with van der Waals surface area (Å²) in [6, 6.07) is 7.25. The summed E-state index contributed by atoms with van der Waals surface area (Å²) >= 11 is 1.28. The molecule has 2 aromatic heterocycles. The SMILES string of the molecule is COc1ccccc1NC(=O)CSc1ncnc2c1nnn2C. The number of carbonyl (C=O) groups is 1. The summed E-state index contributed by atoms with van der Waals surface area (Å²) in [7, 11) is 3.32. The van der Waals surface area contributed by atoms with Gasteiger partial charge in [-0.1, -0.05) is 29.1 Å². The first kappa shape index (κ1) is 15.2. The van der Waals surface area contributed by atoms with Gasteiger partial charge in [-0.05, 0) is 12.1 Å². The van der Waals surface area contributed by atoms with E-state index < -0.39 is 0 Å². The van der Waals surface area contributed by atoms with Crippen LogP contribution in [0, 0.1) is 0 Å². The first-order chi connectivity index (χ1) is 11.2. The zero-order valence-corrected chi connectivity index (χ0v) is 13.4. The molecule has 0 aliphatic heterocycles. The molecule has 23 heavy (non-hydrogen) atoms. The van der Waals surface area contributed by atoms with Crippen molar-refractivity contribution >= 4 is 34.5 Å². The highest BCUT2D eigenvalue weighted by Crippen LogP contribution is 2.25. The van der Waals surface area contributed by atoms with E-state index in [0.717, 1.165) is 0 Å². The first-order valence-corrected chi connectivity index (χ1v) is 7.73. The second kappa shape index (κ2) is 6.61. The number of benzene rings is 1. The summed E-state index contributed by atoms with van der Waals surface area (Å²) in [5.74, 6) is 0.653. The molecule has 1 N–H and O–H groups in total. The predicted molar refractivity (Wildman–Crippen MR) is 86.4 cm³/mol. The van der Waals surface area contributed by atoms with Crippen LogP contribution in [0.25, 0.3) is 11.2 Å². The Bertz CT molecular complexity index is 850. The van der Waals surface area contributed by atoms with Crippen molar-refractivity contribution in [3.8, 4) is 5.75 Å². The maximum atomic E-state index is 12.1. The summed E-state index contributed by atoms with van der Waals surface area (Å²) in [5, 5.41) is 11.4. The zero-order chi connectivity index (χ0) is 16.2. The van der Waals surface area contributed by atoms with E-state index in [9.17, 15) is 4.79 Å². The van der Waals surface area contributed by atoms with Crippen molar-refractivity contribution in [2.45, 2.75) is 5.03 Å². The van der Waals surface area contributed by atoms with E-state index in [4.69, 9.17) is 4.74 Å². The van der Waals surface area contributed by atoms with Crippen LogP contribution in [-0.4, -0.2) is 43.7 Å². The van der Waals surface area contributed by atoms with E-state index >= 15 is 0 Å². The Labute approximate surface area is 136 Å². The number of nitrogens with one attached hydrogen (secondary N) is 1. The monoisotopic (exact) mass is 330 g/mol. The Morgan fingerprint density at radius 2 is 2.17 bits per heavy atom. The molecule has 0 unspecified atom stereocenters. The number of methoxy groups -OCH3 is 1. The lowest BCUT2D eigenvalue weighted by molar-refractivity contribution is -0.113. The maximum Gasteiger partial charge on any atom is 0.234 e. The van der Waals surface area contributed by atoms with Crippen molar-refractivity contribution in [1.82, 2.24) is 25.0 Å². The van der Waals surface area contributed by atoms with E-state index in [1.807, 2.05) is 12.1 Å². The third kappa shape index (κ3) is 3.24. The van der Waals surface area contributed by atoms with Crippen LogP contribution in [0.1, 0.15) is 0 Å². The van der Waals surface area contributed by atoms with Crippen molar-refractivity contribution in [3.05, 3.63) is 30.6 Å². The van der Waals surface area contributed by atoms with Crippen LogP contribution in [0.3, 0.4) is 0 Å². The number of nitrogens with zero attached hydrogens (tertiary/aromatic N) is 5. The number of anilines is 1. The minimum atomic E-state index is -0.157. The molecule has 0 fully saturated rings. The Hall–Kier alpha value is -2.68. The van der Waals surface area contributed by atoms with E-state index in [-0.39, 0.29) is 11.7 Å². The molecule has 0 saturated heterocycles. The Morgan fingerprint density at radius 3 is 3.00 bits per heavy atom. The average Bonchev–Trinajstić information content (AvgIpc) is 2.95. The predicted octanol–water partition coefficient (Wildman–Crippen LogP) is 1.50. The molecule has 0 saturated carbocycles. The van der Waals surface area contributed by atoms with Crippen molar-refractivity contribution in [2.75, 3.05) is 18.2 Å². The van der Waals surface area contributed by atoms with Gasteiger partial charge in [0.2, 0.25) is 5.91 Å². The molecule has 3 rings (SSSR count). The molecule has 0 atom stereocenters. The van der Waals surface area contributed by atoms with Crippen LogP contribution in [0.5, 0.6) is 5.75 Å². The van der Waals surface area contributed by atoms with Crippen molar-refractivity contribution in [1.29, 1.82) is 0 Å². The molecule has 0 aliphatic rings. The zero-order valence-electron chi connectivity index (χ0n) is 12.6. The summed E-state index contributed by atoms with van der Waals surface area (Å²) in [5.41, 5.74) is 1.85. The highest BCUT2D eigenvalue weighted by molar-refractivity contribution is 8.00. The fourth-order valence-electron chi connectivity index (χ4n) is 2.01. The number of rotatable bonds is 5. The third-order valence-corrected chi connectivity index (χ3v) is 4.05. The molecular formula is C14H14N6O2S. The first-order valence-electron chi connectivity index (χ1n) is 6.75. The highest BCUT2D eigenvalue weighted by atomic mass is 32.2. The van der Waals surface area contributed by atoms with Gasteiger partial charge in [-0.2, -0.15) is 0 Å². The number of carbonyl (C=O) groups excluding carboxylic acids is 1.